The summed E-state index contributed by atoms with van der Waals surface area (Å²) in [5, 5.41) is 10.0. The van der Waals surface area contributed by atoms with Crippen LogP contribution < -0.4 is 0 Å². The Morgan fingerprint density at radius 2 is 2.05 bits per heavy atom. The number of hydrogen-bond acceptors (Lipinski definition) is 3. The maximum absolute atomic E-state index is 13.6. The minimum absolute atomic E-state index is 0.0328. The summed E-state index contributed by atoms with van der Waals surface area (Å²) in [5.41, 5.74) is 0.0328. The molecule has 5 heteroatoms. The molecule has 1 fully saturated rings. The van der Waals surface area contributed by atoms with Crippen molar-refractivity contribution in [2.75, 3.05) is 26.8 Å². The van der Waals surface area contributed by atoms with Gasteiger partial charge < -0.3 is 14.7 Å². The summed E-state index contributed by atoms with van der Waals surface area (Å²) >= 11 is 0. The molecule has 0 saturated carbocycles. The van der Waals surface area contributed by atoms with Crippen LogP contribution in [-0.2, 0) is 4.74 Å². The fourth-order valence-electron chi connectivity index (χ4n) is 2.57. The quantitative estimate of drug-likeness (QED) is 0.902. The summed E-state index contributed by atoms with van der Waals surface area (Å²) in [7, 11) is 1.99. The Morgan fingerprint density at radius 3 is 2.75 bits per heavy atom. The van der Waals surface area contributed by atoms with Crippen molar-refractivity contribution in [2.45, 2.75) is 31.4 Å². The van der Waals surface area contributed by atoms with Gasteiger partial charge >= 0.3 is 0 Å². The van der Waals surface area contributed by atoms with Gasteiger partial charge in [0.2, 0.25) is 0 Å². The van der Waals surface area contributed by atoms with Crippen molar-refractivity contribution < 1.29 is 18.6 Å². The second-order valence-corrected chi connectivity index (χ2v) is 5.27. The normalized spacial score (nSPS) is 18.4. The molecule has 0 spiro atoms. The largest absolute Gasteiger partial charge is 0.388 e. The van der Waals surface area contributed by atoms with Gasteiger partial charge in [0.05, 0.1) is 6.10 Å². The van der Waals surface area contributed by atoms with Crippen molar-refractivity contribution in [1.82, 2.24) is 4.90 Å². The van der Waals surface area contributed by atoms with Crippen LogP contribution in [0.1, 0.15) is 30.9 Å². The van der Waals surface area contributed by atoms with Crippen LogP contribution in [-0.4, -0.2) is 42.9 Å². The van der Waals surface area contributed by atoms with E-state index < -0.39 is 17.7 Å². The van der Waals surface area contributed by atoms with Crippen LogP contribution in [0.15, 0.2) is 18.2 Å². The first-order valence-electron chi connectivity index (χ1n) is 6.99. The van der Waals surface area contributed by atoms with E-state index in [4.69, 9.17) is 4.74 Å². The van der Waals surface area contributed by atoms with Crippen LogP contribution in [0.5, 0.6) is 0 Å². The minimum Gasteiger partial charge on any atom is -0.388 e. The van der Waals surface area contributed by atoms with Gasteiger partial charge in [0.25, 0.3) is 0 Å². The van der Waals surface area contributed by atoms with Gasteiger partial charge in [-0.2, -0.15) is 0 Å². The summed E-state index contributed by atoms with van der Waals surface area (Å²) in [4.78, 5) is 2.16. The van der Waals surface area contributed by atoms with Gasteiger partial charge in [-0.15, -0.1) is 0 Å². The van der Waals surface area contributed by atoms with Crippen LogP contribution >= 0.6 is 0 Å². The second kappa shape index (κ2) is 7.11. The highest BCUT2D eigenvalue weighted by molar-refractivity contribution is 5.21. The average molecular weight is 285 g/mol. The molecule has 112 valence electrons. The fraction of sp³-hybridized carbons (Fsp3) is 0.600. The number of aliphatic hydroxyl groups is 1. The number of ether oxygens (including phenoxy) is 1. The van der Waals surface area contributed by atoms with Crippen molar-refractivity contribution in [3.05, 3.63) is 35.4 Å². The van der Waals surface area contributed by atoms with Crippen LogP contribution in [0.25, 0.3) is 0 Å². The summed E-state index contributed by atoms with van der Waals surface area (Å²) in [6.07, 6.45) is 1.35. The van der Waals surface area contributed by atoms with Crippen molar-refractivity contribution in [3.63, 3.8) is 0 Å². The fourth-order valence-corrected chi connectivity index (χ4v) is 2.57. The summed E-state index contributed by atoms with van der Waals surface area (Å²) in [6, 6.07) is 4.34. The molecule has 1 saturated heterocycles. The van der Waals surface area contributed by atoms with E-state index in [1.807, 2.05) is 7.05 Å². The zero-order chi connectivity index (χ0) is 14.5. The summed E-state index contributed by atoms with van der Waals surface area (Å²) in [5.74, 6) is -1.87. The van der Waals surface area contributed by atoms with Crippen molar-refractivity contribution in [2.24, 2.45) is 0 Å². The van der Waals surface area contributed by atoms with Gasteiger partial charge in [-0.3, -0.25) is 0 Å². The van der Waals surface area contributed by atoms with Gasteiger partial charge in [-0.25, -0.2) is 8.78 Å². The smallest absolute Gasteiger partial charge is 0.164 e. The lowest BCUT2D eigenvalue weighted by molar-refractivity contribution is 0.0374. The number of nitrogens with zero attached hydrogens (tertiary/aromatic N) is 1. The molecule has 1 aliphatic heterocycles. The molecule has 1 N–H and O–H groups in total. The van der Waals surface area contributed by atoms with E-state index >= 15 is 0 Å². The van der Waals surface area contributed by atoms with E-state index in [1.165, 1.54) is 12.1 Å². The predicted octanol–water partition coefficient (Wildman–Crippen LogP) is 2.50. The van der Waals surface area contributed by atoms with E-state index in [9.17, 15) is 13.9 Å². The van der Waals surface area contributed by atoms with E-state index in [1.54, 1.807) is 0 Å². The molecule has 0 aromatic heterocycles. The molecule has 3 nitrogen and oxygen atoms in total. The Labute approximate surface area is 118 Å². The maximum atomic E-state index is 13.6. The molecule has 0 amide bonds. The Kier molecular flexibility index (Phi) is 5.46. The maximum Gasteiger partial charge on any atom is 0.164 e. The third-order valence-electron chi connectivity index (χ3n) is 3.91. The third-order valence-corrected chi connectivity index (χ3v) is 3.91. The van der Waals surface area contributed by atoms with E-state index in [0.29, 0.717) is 19.0 Å². The molecule has 0 radical (unpaired) electrons. The Hall–Kier alpha value is -1.04. The lowest BCUT2D eigenvalue weighted by Crippen LogP contribution is -2.37. The third kappa shape index (κ3) is 3.75. The van der Waals surface area contributed by atoms with Gasteiger partial charge in [0, 0.05) is 31.4 Å². The van der Waals surface area contributed by atoms with Crippen LogP contribution in [0, 0.1) is 11.6 Å². The summed E-state index contributed by atoms with van der Waals surface area (Å²) < 4.78 is 32.0. The Balaban J connectivity index is 1.88. The lowest BCUT2D eigenvalue weighted by Gasteiger charge is -2.31. The molecule has 1 aliphatic rings. The molecule has 0 bridgehead atoms. The van der Waals surface area contributed by atoms with Gasteiger partial charge in [0.15, 0.2) is 11.6 Å². The Bertz CT molecular complexity index is 436. The van der Waals surface area contributed by atoms with Crippen LogP contribution in [0.4, 0.5) is 8.78 Å². The average Bonchev–Trinajstić information content (AvgIpc) is 2.48. The van der Waals surface area contributed by atoms with E-state index in [2.05, 4.69) is 4.90 Å². The van der Waals surface area contributed by atoms with Crippen molar-refractivity contribution >= 4 is 0 Å². The lowest BCUT2D eigenvalue weighted by atomic mass is 10.0. The zero-order valence-electron chi connectivity index (χ0n) is 11.7. The predicted molar refractivity (Wildman–Crippen MR) is 72.4 cm³/mol. The molecule has 1 unspecified atom stereocenters. The summed E-state index contributed by atoms with van der Waals surface area (Å²) in [6.45, 7) is 2.16. The first-order valence-corrected chi connectivity index (χ1v) is 6.99. The molecular weight excluding hydrogens is 264 g/mol. The molecule has 0 aliphatic carbocycles. The number of hydrogen-bond donors (Lipinski definition) is 1. The van der Waals surface area contributed by atoms with Crippen LogP contribution in [0.2, 0.25) is 0 Å². The second-order valence-electron chi connectivity index (χ2n) is 5.27. The minimum atomic E-state index is -0.979. The standard InChI is InChI=1S/C15H21F2NO2/c1-18(11-6-9-20-10-7-11)8-5-14(19)12-3-2-4-13(16)15(12)17/h2-4,11,14,19H,5-10H2,1H3. The monoisotopic (exact) mass is 285 g/mol. The van der Waals surface area contributed by atoms with Crippen LogP contribution in [0.3, 0.4) is 0 Å². The highest BCUT2D eigenvalue weighted by atomic mass is 19.2. The first-order chi connectivity index (χ1) is 9.59. The SMILES string of the molecule is CN(CCC(O)c1cccc(F)c1F)C1CCOCC1. The van der Waals surface area contributed by atoms with E-state index in [-0.39, 0.29) is 5.56 Å². The van der Waals surface area contributed by atoms with Crippen molar-refractivity contribution in [3.8, 4) is 0 Å². The molecule has 1 heterocycles. The molecule has 1 aromatic rings. The highest BCUT2D eigenvalue weighted by Gasteiger charge is 2.20. The molecular formula is C15H21F2NO2. The van der Waals surface area contributed by atoms with Crippen molar-refractivity contribution in [1.29, 1.82) is 0 Å². The molecule has 20 heavy (non-hydrogen) atoms. The number of halogens is 2. The Morgan fingerprint density at radius 1 is 1.35 bits per heavy atom. The van der Waals surface area contributed by atoms with Gasteiger partial charge in [-0.05, 0) is 32.4 Å². The first kappa shape index (κ1) is 15.4. The number of aliphatic hydroxyl groups excluding tert-OH is 1. The highest BCUT2D eigenvalue weighted by Crippen LogP contribution is 2.23. The molecule has 1 atom stereocenters. The zero-order valence-corrected chi connectivity index (χ0v) is 11.7. The van der Waals surface area contributed by atoms with Gasteiger partial charge in [-0.1, -0.05) is 12.1 Å². The topological polar surface area (TPSA) is 32.7 Å². The molecule has 2 rings (SSSR count). The number of rotatable bonds is 5. The van der Waals surface area contributed by atoms with Gasteiger partial charge in [0.1, 0.15) is 0 Å². The van der Waals surface area contributed by atoms with E-state index in [0.717, 1.165) is 32.1 Å². The number of benzene rings is 1. The molecule has 1 aromatic carbocycles.